The van der Waals surface area contributed by atoms with Gasteiger partial charge in [-0.2, -0.15) is 0 Å². The van der Waals surface area contributed by atoms with E-state index < -0.39 is 24.4 Å². The molecule has 0 aliphatic heterocycles. The molecule has 5 nitrogen and oxygen atoms in total. The summed E-state index contributed by atoms with van der Waals surface area (Å²) in [6.07, 6.45) is 0. The van der Waals surface area contributed by atoms with Crippen LogP contribution in [0.5, 0.6) is 5.75 Å². The van der Waals surface area contributed by atoms with E-state index in [0.717, 1.165) is 5.56 Å². The zero-order valence-electron chi connectivity index (χ0n) is 9.54. The van der Waals surface area contributed by atoms with E-state index in [0.29, 0.717) is 0 Å². The van der Waals surface area contributed by atoms with E-state index in [-0.39, 0.29) is 5.75 Å². The maximum Gasteiger partial charge on any atom is 0.321 e. The molecule has 0 atom stereocenters. The van der Waals surface area contributed by atoms with E-state index in [1.54, 1.807) is 13.0 Å². The van der Waals surface area contributed by atoms with Crippen molar-refractivity contribution in [3.05, 3.63) is 29.6 Å². The lowest BCUT2D eigenvalue weighted by Gasteiger charge is -2.07. The number of aryl methyl sites for hydroxylation is 1. The van der Waals surface area contributed by atoms with E-state index in [1.807, 2.05) is 5.32 Å². The Morgan fingerprint density at radius 3 is 2.76 bits per heavy atom. The molecule has 2 N–H and O–H groups in total. The lowest BCUT2D eigenvalue weighted by Crippen LogP contribution is -2.40. The zero-order valence-corrected chi connectivity index (χ0v) is 9.54. The summed E-state index contributed by atoms with van der Waals surface area (Å²) in [5, 5.41) is 4.21. The molecule has 0 bridgehead atoms. The van der Waals surface area contributed by atoms with Crippen molar-refractivity contribution in [1.82, 2.24) is 10.6 Å². The summed E-state index contributed by atoms with van der Waals surface area (Å²) >= 11 is 0. The van der Waals surface area contributed by atoms with E-state index in [9.17, 15) is 14.0 Å². The number of rotatable bonds is 3. The van der Waals surface area contributed by atoms with Crippen molar-refractivity contribution in [2.24, 2.45) is 0 Å². The standard InChI is InChI=1S/C11H13FN2O3/c1-7-3-4-8(12)9(5-7)17-6-10(15)14-11(16)13-2/h3-5H,6H2,1-2H3,(H2,13,14,15,16). The Hall–Kier alpha value is -2.11. The Kier molecular flexibility index (Phi) is 4.45. The number of halogens is 1. The predicted octanol–water partition coefficient (Wildman–Crippen LogP) is 0.969. The summed E-state index contributed by atoms with van der Waals surface area (Å²) < 4.78 is 18.2. The summed E-state index contributed by atoms with van der Waals surface area (Å²) in [5.41, 5.74) is 0.813. The highest BCUT2D eigenvalue weighted by atomic mass is 19.1. The first kappa shape index (κ1) is 13.0. The fourth-order valence-electron chi connectivity index (χ4n) is 1.09. The molecule has 0 saturated carbocycles. The molecular weight excluding hydrogens is 227 g/mol. The number of hydrogen-bond donors (Lipinski definition) is 2. The zero-order chi connectivity index (χ0) is 12.8. The number of amides is 3. The first-order valence-electron chi connectivity index (χ1n) is 4.93. The van der Waals surface area contributed by atoms with E-state index in [1.165, 1.54) is 19.2 Å². The molecule has 17 heavy (non-hydrogen) atoms. The quantitative estimate of drug-likeness (QED) is 0.827. The largest absolute Gasteiger partial charge is 0.481 e. The van der Waals surface area contributed by atoms with E-state index >= 15 is 0 Å². The number of urea groups is 1. The molecule has 1 rings (SSSR count). The van der Waals surface area contributed by atoms with Crippen LogP contribution in [0, 0.1) is 12.7 Å². The molecule has 1 aromatic rings. The molecule has 0 spiro atoms. The summed E-state index contributed by atoms with van der Waals surface area (Å²) in [5.74, 6) is -1.22. The molecule has 0 aromatic heterocycles. The van der Waals surface area contributed by atoms with Gasteiger partial charge in [0.15, 0.2) is 18.2 Å². The molecule has 0 aliphatic carbocycles. The SMILES string of the molecule is CNC(=O)NC(=O)COc1cc(C)ccc1F. The second kappa shape index (κ2) is 5.83. The van der Waals surface area contributed by atoms with Crippen molar-refractivity contribution < 1.29 is 18.7 Å². The van der Waals surface area contributed by atoms with Gasteiger partial charge in [-0.05, 0) is 24.6 Å². The molecule has 1 aromatic carbocycles. The fraction of sp³-hybridized carbons (Fsp3) is 0.273. The maximum absolute atomic E-state index is 13.2. The lowest BCUT2D eigenvalue weighted by atomic mass is 10.2. The molecule has 6 heteroatoms. The molecule has 0 fully saturated rings. The highest BCUT2D eigenvalue weighted by molar-refractivity contribution is 5.94. The highest BCUT2D eigenvalue weighted by Gasteiger charge is 2.09. The van der Waals surface area contributed by atoms with Gasteiger partial charge in [0.25, 0.3) is 5.91 Å². The second-order valence-corrected chi connectivity index (χ2v) is 3.35. The van der Waals surface area contributed by atoms with Gasteiger partial charge in [-0.15, -0.1) is 0 Å². The number of carbonyl (C=O) groups is 2. The number of benzene rings is 1. The smallest absolute Gasteiger partial charge is 0.321 e. The van der Waals surface area contributed by atoms with Gasteiger partial charge in [-0.3, -0.25) is 10.1 Å². The Bertz CT molecular complexity index is 435. The van der Waals surface area contributed by atoms with E-state index in [4.69, 9.17) is 4.74 Å². The highest BCUT2D eigenvalue weighted by Crippen LogP contribution is 2.17. The Morgan fingerprint density at radius 2 is 2.12 bits per heavy atom. The number of carbonyl (C=O) groups excluding carboxylic acids is 2. The minimum absolute atomic E-state index is 0.0166. The minimum Gasteiger partial charge on any atom is -0.481 e. The fourth-order valence-corrected chi connectivity index (χ4v) is 1.09. The van der Waals surface area contributed by atoms with Gasteiger partial charge in [0.2, 0.25) is 0 Å². The molecule has 0 unspecified atom stereocenters. The van der Waals surface area contributed by atoms with Gasteiger partial charge >= 0.3 is 6.03 Å². The molecule has 92 valence electrons. The van der Waals surface area contributed by atoms with Gasteiger partial charge in [0.1, 0.15) is 0 Å². The van der Waals surface area contributed by atoms with Crippen LogP contribution < -0.4 is 15.4 Å². The third-order valence-electron chi connectivity index (χ3n) is 1.93. The van der Waals surface area contributed by atoms with Gasteiger partial charge in [-0.25, -0.2) is 9.18 Å². The van der Waals surface area contributed by atoms with Crippen LogP contribution in [0.4, 0.5) is 9.18 Å². The third kappa shape index (κ3) is 4.10. The van der Waals surface area contributed by atoms with Crippen LogP contribution >= 0.6 is 0 Å². The van der Waals surface area contributed by atoms with Gasteiger partial charge in [0, 0.05) is 7.05 Å². The average molecular weight is 240 g/mol. The van der Waals surface area contributed by atoms with Crippen molar-refractivity contribution in [2.45, 2.75) is 6.92 Å². The maximum atomic E-state index is 13.2. The minimum atomic E-state index is -0.648. The first-order chi connectivity index (χ1) is 8.02. The molecular formula is C11H13FN2O3. The Balaban J connectivity index is 2.53. The summed E-state index contributed by atoms with van der Waals surface area (Å²) in [6.45, 7) is 1.35. The van der Waals surface area contributed by atoms with Crippen molar-refractivity contribution in [3.63, 3.8) is 0 Å². The van der Waals surface area contributed by atoms with Crippen molar-refractivity contribution in [2.75, 3.05) is 13.7 Å². The topological polar surface area (TPSA) is 67.4 Å². The number of hydrogen-bond acceptors (Lipinski definition) is 3. The molecule has 0 radical (unpaired) electrons. The monoisotopic (exact) mass is 240 g/mol. The van der Waals surface area contributed by atoms with E-state index in [2.05, 4.69) is 5.32 Å². The molecule has 0 saturated heterocycles. The van der Waals surface area contributed by atoms with Gasteiger partial charge < -0.3 is 10.1 Å². The van der Waals surface area contributed by atoms with Crippen molar-refractivity contribution in [3.8, 4) is 5.75 Å². The molecule has 0 heterocycles. The Labute approximate surface area is 98.0 Å². The van der Waals surface area contributed by atoms with Crippen molar-refractivity contribution >= 4 is 11.9 Å². The summed E-state index contributed by atoms with van der Waals surface area (Å²) in [4.78, 5) is 21.9. The van der Waals surface area contributed by atoms with Crippen LogP contribution in [0.2, 0.25) is 0 Å². The van der Waals surface area contributed by atoms with Crippen LogP contribution in [0.1, 0.15) is 5.56 Å². The van der Waals surface area contributed by atoms with Gasteiger partial charge in [-0.1, -0.05) is 6.07 Å². The van der Waals surface area contributed by atoms with Crippen LogP contribution in [-0.2, 0) is 4.79 Å². The number of ether oxygens (including phenoxy) is 1. The first-order valence-corrected chi connectivity index (χ1v) is 4.93. The average Bonchev–Trinajstić information content (AvgIpc) is 2.30. The molecule has 3 amide bonds. The van der Waals surface area contributed by atoms with Crippen LogP contribution in [0.15, 0.2) is 18.2 Å². The number of nitrogens with one attached hydrogen (secondary N) is 2. The summed E-state index contributed by atoms with van der Waals surface area (Å²) in [7, 11) is 1.38. The lowest BCUT2D eigenvalue weighted by molar-refractivity contribution is -0.122. The number of imide groups is 1. The predicted molar refractivity (Wildman–Crippen MR) is 59.2 cm³/mol. The van der Waals surface area contributed by atoms with Crippen LogP contribution in [0.25, 0.3) is 0 Å². The Morgan fingerprint density at radius 1 is 1.41 bits per heavy atom. The third-order valence-corrected chi connectivity index (χ3v) is 1.93. The molecule has 0 aliphatic rings. The van der Waals surface area contributed by atoms with Gasteiger partial charge in [0.05, 0.1) is 0 Å². The van der Waals surface area contributed by atoms with Crippen LogP contribution in [0.3, 0.4) is 0 Å². The summed E-state index contributed by atoms with van der Waals surface area (Å²) in [6, 6.07) is 3.68. The normalized spacial score (nSPS) is 9.59. The second-order valence-electron chi connectivity index (χ2n) is 3.35. The van der Waals surface area contributed by atoms with Crippen molar-refractivity contribution in [1.29, 1.82) is 0 Å². The van der Waals surface area contributed by atoms with Crippen LogP contribution in [-0.4, -0.2) is 25.6 Å².